The summed E-state index contributed by atoms with van der Waals surface area (Å²) in [6.45, 7) is 4.37. The Morgan fingerprint density at radius 3 is 2.86 bits per heavy atom. The molecule has 1 saturated carbocycles. The van der Waals surface area contributed by atoms with Crippen LogP contribution in [0.2, 0.25) is 0 Å². The zero-order valence-corrected chi connectivity index (χ0v) is 14.8. The summed E-state index contributed by atoms with van der Waals surface area (Å²) in [6, 6.07) is 11.3. The molecular formula is C18H20IN3. The minimum atomic E-state index is 0.561. The van der Waals surface area contributed by atoms with Crippen LogP contribution in [0, 0.1) is 15.0 Å². The first-order chi connectivity index (χ1) is 10.7. The first kappa shape index (κ1) is 15.4. The Morgan fingerprint density at radius 2 is 2.14 bits per heavy atom. The number of anilines is 1. The van der Waals surface area contributed by atoms with Crippen molar-refractivity contribution >= 4 is 39.2 Å². The molecule has 2 aromatic rings. The van der Waals surface area contributed by atoms with Crippen LogP contribution in [0.5, 0.6) is 0 Å². The Balaban J connectivity index is 1.93. The normalized spacial score (nSPS) is 15.6. The van der Waals surface area contributed by atoms with Crippen LogP contribution in [0.15, 0.2) is 36.4 Å². The quantitative estimate of drug-likeness (QED) is 0.570. The third kappa shape index (κ3) is 3.14. The van der Waals surface area contributed by atoms with E-state index in [1.54, 1.807) is 0 Å². The Kier molecular flexibility index (Phi) is 4.72. The molecule has 0 radical (unpaired) electrons. The van der Waals surface area contributed by atoms with E-state index in [-0.39, 0.29) is 0 Å². The van der Waals surface area contributed by atoms with E-state index in [4.69, 9.17) is 5.26 Å². The maximum Gasteiger partial charge on any atom is 0.0960 e. The fraction of sp³-hybridized carbons (Fsp3) is 0.389. The second-order valence-electron chi connectivity index (χ2n) is 5.99. The van der Waals surface area contributed by atoms with Crippen LogP contribution >= 0.6 is 22.6 Å². The van der Waals surface area contributed by atoms with E-state index in [2.05, 4.69) is 69.4 Å². The van der Waals surface area contributed by atoms with Crippen LogP contribution in [0.1, 0.15) is 32.1 Å². The Morgan fingerprint density at radius 1 is 1.36 bits per heavy atom. The molecule has 0 saturated heterocycles. The minimum absolute atomic E-state index is 0.561. The fourth-order valence-corrected chi connectivity index (χ4v) is 3.97. The van der Waals surface area contributed by atoms with E-state index in [0.717, 1.165) is 3.70 Å². The molecule has 1 aromatic carbocycles. The van der Waals surface area contributed by atoms with Crippen molar-refractivity contribution in [3.8, 4) is 6.07 Å². The van der Waals surface area contributed by atoms with Crippen molar-refractivity contribution in [3.63, 3.8) is 0 Å². The molecule has 1 aliphatic carbocycles. The lowest BCUT2D eigenvalue weighted by Crippen LogP contribution is -2.22. The van der Waals surface area contributed by atoms with Crippen molar-refractivity contribution in [3.05, 3.63) is 40.1 Å². The van der Waals surface area contributed by atoms with E-state index in [1.165, 1.54) is 48.7 Å². The van der Waals surface area contributed by atoms with Crippen molar-refractivity contribution in [2.45, 2.75) is 44.7 Å². The van der Waals surface area contributed by atoms with Crippen LogP contribution < -0.4 is 5.32 Å². The summed E-state index contributed by atoms with van der Waals surface area (Å²) in [6.07, 6.45) is 6.55. The summed E-state index contributed by atoms with van der Waals surface area (Å²) in [5.74, 6) is 0. The molecule has 0 bridgehead atoms. The molecule has 22 heavy (non-hydrogen) atoms. The fourth-order valence-electron chi connectivity index (χ4n) is 3.23. The molecule has 3 nitrogen and oxygen atoms in total. The van der Waals surface area contributed by atoms with Crippen LogP contribution in [-0.4, -0.2) is 10.6 Å². The standard InChI is InChI=1S/C18H20IN3/c1-13(11-20)12-22-17-9-5-8-16(15(17)10-18(22)19)21-14-6-3-2-4-7-14/h5,8-10,14,21H,1-4,6-7,12H2. The van der Waals surface area contributed by atoms with Crippen LogP contribution in [-0.2, 0) is 6.54 Å². The lowest BCUT2D eigenvalue weighted by Gasteiger charge is -2.24. The maximum atomic E-state index is 8.99. The van der Waals surface area contributed by atoms with Gasteiger partial charge in [-0.1, -0.05) is 31.9 Å². The first-order valence-electron chi connectivity index (χ1n) is 7.81. The van der Waals surface area contributed by atoms with Gasteiger partial charge in [0.05, 0.1) is 21.8 Å². The van der Waals surface area contributed by atoms with Crippen molar-refractivity contribution in [1.29, 1.82) is 5.26 Å². The monoisotopic (exact) mass is 405 g/mol. The number of rotatable bonds is 4. The lowest BCUT2D eigenvalue weighted by molar-refractivity contribution is 0.463. The number of nitrogens with one attached hydrogen (secondary N) is 1. The van der Waals surface area contributed by atoms with Crippen molar-refractivity contribution < 1.29 is 0 Å². The highest BCUT2D eigenvalue weighted by Crippen LogP contribution is 2.31. The van der Waals surface area contributed by atoms with Gasteiger partial charge in [0.1, 0.15) is 0 Å². The highest BCUT2D eigenvalue weighted by atomic mass is 127. The second-order valence-corrected chi connectivity index (χ2v) is 7.09. The van der Waals surface area contributed by atoms with Gasteiger partial charge in [-0.3, -0.25) is 0 Å². The largest absolute Gasteiger partial charge is 0.382 e. The Hall–Kier alpha value is -1.48. The molecule has 4 heteroatoms. The van der Waals surface area contributed by atoms with Crippen LogP contribution in [0.4, 0.5) is 5.69 Å². The van der Waals surface area contributed by atoms with E-state index >= 15 is 0 Å². The number of hydrogen-bond donors (Lipinski definition) is 1. The van der Waals surface area contributed by atoms with Gasteiger partial charge in [0.25, 0.3) is 0 Å². The summed E-state index contributed by atoms with van der Waals surface area (Å²) >= 11 is 2.34. The highest BCUT2D eigenvalue weighted by Gasteiger charge is 2.16. The second kappa shape index (κ2) is 6.74. The SMILES string of the molecule is C=C(C#N)Cn1c(I)cc2c(NC3CCCCC3)cccc21. The molecule has 1 aliphatic rings. The van der Waals surface area contributed by atoms with E-state index in [9.17, 15) is 0 Å². The van der Waals surface area contributed by atoms with E-state index < -0.39 is 0 Å². The maximum absolute atomic E-state index is 8.99. The van der Waals surface area contributed by atoms with E-state index in [1.807, 2.05) is 0 Å². The lowest BCUT2D eigenvalue weighted by atomic mass is 9.95. The molecular weight excluding hydrogens is 385 g/mol. The van der Waals surface area contributed by atoms with Gasteiger partial charge in [-0.15, -0.1) is 0 Å². The molecule has 0 amide bonds. The van der Waals surface area contributed by atoms with E-state index in [0.29, 0.717) is 18.2 Å². The number of hydrogen-bond acceptors (Lipinski definition) is 2. The summed E-state index contributed by atoms with van der Waals surface area (Å²) in [7, 11) is 0. The molecule has 3 rings (SSSR count). The van der Waals surface area contributed by atoms with Gasteiger partial charge in [-0.2, -0.15) is 5.26 Å². The van der Waals surface area contributed by atoms with Gasteiger partial charge in [-0.05, 0) is 53.6 Å². The van der Waals surface area contributed by atoms with Gasteiger partial charge in [0.15, 0.2) is 0 Å². The average molecular weight is 405 g/mol. The predicted octanol–water partition coefficient (Wildman–Crippen LogP) is 5.07. The third-order valence-corrected chi connectivity index (χ3v) is 5.26. The molecule has 1 fully saturated rings. The zero-order chi connectivity index (χ0) is 15.5. The summed E-state index contributed by atoms with van der Waals surface area (Å²) < 4.78 is 3.30. The molecule has 0 aliphatic heterocycles. The molecule has 1 heterocycles. The number of aromatic nitrogens is 1. The van der Waals surface area contributed by atoms with Gasteiger partial charge in [0.2, 0.25) is 0 Å². The van der Waals surface area contributed by atoms with Crippen molar-refractivity contribution in [1.82, 2.24) is 4.57 Å². The number of allylic oxidation sites excluding steroid dienone is 1. The number of fused-ring (bicyclic) bond motifs is 1. The molecule has 0 atom stereocenters. The third-order valence-electron chi connectivity index (χ3n) is 4.37. The summed E-state index contributed by atoms with van der Waals surface area (Å²) in [5, 5.41) is 14.0. The number of nitriles is 1. The van der Waals surface area contributed by atoms with Gasteiger partial charge < -0.3 is 9.88 Å². The van der Waals surface area contributed by atoms with Crippen LogP contribution in [0.3, 0.4) is 0 Å². The molecule has 114 valence electrons. The predicted molar refractivity (Wildman–Crippen MR) is 99.9 cm³/mol. The average Bonchev–Trinajstić information content (AvgIpc) is 2.85. The number of nitrogens with zero attached hydrogens (tertiary/aromatic N) is 2. The van der Waals surface area contributed by atoms with Gasteiger partial charge in [0, 0.05) is 22.7 Å². The first-order valence-corrected chi connectivity index (χ1v) is 8.89. The highest BCUT2D eigenvalue weighted by molar-refractivity contribution is 14.1. The van der Waals surface area contributed by atoms with Crippen LogP contribution in [0.25, 0.3) is 10.9 Å². The zero-order valence-electron chi connectivity index (χ0n) is 12.6. The minimum Gasteiger partial charge on any atom is -0.382 e. The van der Waals surface area contributed by atoms with Gasteiger partial charge in [-0.25, -0.2) is 0 Å². The number of halogens is 1. The number of benzene rings is 1. The van der Waals surface area contributed by atoms with Crippen molar-refractivity contribution in [2.75, 3.05) is 5.32 Å². The Labute approximate surface area is 145 Å². The molecule has 0 unspecified atom stereocenters. The smallest absolute Gasteiger partial charge is 0.0960 e. The molecule has 0 spiro atoms. The summed E-state index contributed by atoms with van der Waals surface area (Å²) in [4.78, 5) is 0. The Bertz CT molecular complexity index is 733. The molecule has 1 N–H and O–H groups in total. The molecule has 1 aromatic heterocycles. The van der Waals surface area contributed by atoms with Gasteiger partial charge >= 0.3 is 0 Å². The van der Waals surface area contributed by atoms with Crippen molar-refractivity contribution in [2.24, 2.45) is 0 Å². The summed E-state index contributed by atoms with van der Waals surface area (Å²) in [5.41, 5.74) is 2.96. The topological polar surface area (TPSA) is 40.8 Å².